The molecule has 23 heavy (non-hydrogen) atoms. The zero-order chi connectivity index (χ0) is 17.8. The molecular weight excluding hydrogens is 284 g/mol. The fraction of sp³-hybridized carbons (Fsp3) is 1.00. The molecule has 0 saturated heterocycles. The van der Waals surface area contributed by atoms with Crippen LogP contribution in [0.1, 0.15) is 92.4 Å². The molecule has 0 aromatic carbocycles. The van der Waals surface area contributed by atoms with E-state index in [0.717, 1.165) is 30.8 Å². The minimum atomic E-state index is -0.0851. The molecule has 1 unspecified atom stereocenters. The second-order valence-electron chi connectivity index (χ2n) is 8.30. The second-order valence-corrected chi connectivity index (χ2v) is 8.30. The largest absolute Gasteiger partial charge is 0.400 e. The van der Waals surface area contributed by atoms with Gasteiger partial charge >= 0.3 is 0 Å². The van der Waals surface area contributed by atoms with Crippen molar-refractivity contribution in [2.24, 2.45) is 29.6 Å². The Morgan fingerprint density at radius 1 is 0.565 bits per heavy atom. The van der Waals surface area contributed by atoms with Gasteiger partial charge in [-0.1, -0.05) is 59.8 Å². The molecule has 2 aliphatic rings. The van der Waals surface area contributed by atoms with E-state index in [-0.39, 0.29) is 6.10 Å². The Labute approximate surface area is 146 Å². The SMILES string of the molecule is CC(C)C1CCC(C(C)O)CC1.CC(C)C1CCCCC1.CO. The van der Waals surface area contributed by atoms with Gasteiger partial charge in [-0.2, -0.15) is 0 Å². The predicted octanol–water partition coefficient (Wildman–Crippen LogP) is 5.66. The Morgan fingerprint density at radius 2 is 0.913 bits per heavy atom. The van der Waals surface area contributed by atoms with Gasteiger partial charge < -0.3 is 10.2 Å². The van der Waals surface area contributed by atoms with Crippen molar-refractivity contribution in [1.82, 2.24) is 0 Å². The first-order valence-corrected chi connectivity index (χ1v) is 10.0. The fourth-order valence-corrected chi connectivity index (χ4v) is 4.09. The topological polar surface area (TPSA) is 40.5 Å². The Morgan fingerprint density at radius 3 is 1.22 bits per heavy atom. The highest BCUT2D eigenvalue weighted by atomic mass is 16.3. The van der Waals surface area contributed by atoms with Gasteiger partial charge in [-0.15, -0.1) is 0 Å². The van der Waals surface area contributed by atoms with Gasteiger partial charge in [0, 0.05) is 7.11 Å². The highest BCUT2D eigenvalue weighted by molar-refractivity contribution is 4.76. The molecule has 2 N–H and O–H groups in total. The van der Waals surface area contributed by atoms with E-state index in [0.29, 0.717) is 5.92 Å². The van der Waals surface area contributed by atoms with Crippen molar-refractivity contribution in [2.75, 3.05) is 7.11 Å². The van der Waals surface area contributed by atoms with E-state index in [1.807, 2.05) is 6.92 Å². The molecule has 2 nitrogen and oxygen atoms in total. The molecule has 1 atom stereocenters. The van der Waals surface area contributed by atoms with Crippen molar-refractivity contribution in [2.45, 2.75) is 98.5 Å². The van der Waals surface area contributed by atoms with Crippen LogP contribution in [-0.4, -0.2) is 23.4 Å². The molecule has 140 valence electrons. The first-order chi connectivity index (χ1) is 10.9. The molecule has 0 aromatic heterocycles. The lowest BCUT2D eigenvalue weighted by Gasteiger charge is -2.32. The Hall–Kier alpha value is -0.0800. The summed E-state index contributed by atoms with van der Waals surface area (Å²) in [6.45, 7) is 11.3. The number of hydrogen-bond acceptors (Lipinski definition) is 2. The normalized spacial score (nSPS) is 26.9. The van der Waals surface area contributed by atoms with Crippen LogP contribution >= 0.6 is 0 Å². The summed E-state index contributed by atoms with van der Waals surface area (Å²) >= 11 is 0. The van der Waals surface area contributed by atoms with Crippen LogP contribution in [0.5, 0.6) is 0 Å². The van der Waals surface area contributed by atoms with Gasteiger partial charge in [-0.3, -0.25) is 0 Å². The molecule has 0 radical (unpaired) electrons. The van der Waals surface area contributed by atoms with Crippen LogP contribution in [0.3, 0.4) is 0 Å². The molecule has 0 spiro atoms. The van der Waals surface area contributed by atoms with E-state index in [1.54, 1.807) is 0 Å². The highest BCUT2D eigenvalue weighted by Gasteiger charge is 2.25. The zero-order valence-corrected chi connectivity index (χ0v) is 16.7. The summed E-state index contributed by atoms with van der Waals surface area (Å²) in [5.74, 6) is 4.32. The van der Waals surface area contributed by atoms with Crippen molar-refractivity contribution >= 4 is 0 Å². The van der Waals surface area contributed by atoms with Crippen molar-refractivity contribution in [3.8, 4) is 0 Å². The Balaban J connectivity index is 0.000000392. The molecule has 0 heterocycles. The van der Waals surface area contributed by atoms with Gasteiger partial charge in [0.2, 0.25) is 0 Å². The second kappa shape index (κ2) is 13.2. The number of aliphatic hydroxyl groups is 2. The van der Waals surface area contributed by atoms with Crippen molar-refractivity contribution < 1.29 is 10.2 Å². The summed E-state index contributed by atoms with van der Waals surface area (Å²) in [6.07, 6.45) is 12.5. The lowest BCUT2D eigenvalue weighted by Crippen LogP contribution is -2.25. The maximum Gasteiger partial charge on any atom is 0.0540 e. The van der Waals surface area contributed by atoms with Gasteiger partial charge in [-0.25, -0.2) is 0 Å². The molecule has 2 heteroatoms. The van der Waals surface area contributed by atoms with Crippen LogP contribution in [0.2, 0.25) is 0 Å². The molecule has 0 bridgehead atoms. The van der Waals surface area contributed by atoms with E-state index in [2.05, 4.69) is 27.7 Å². The van der Waals surface area contributed by atoms with Crippen LogP contribution in [0.4, 0.5) is 0 Å². The van der Waals surface area contributed by atoms with Crippen LogP contribution in [-0.2, 0) is 0 Å². The lowest BCUT2D eigenvalue weighted by atomic mass is 9.75. The maximum atomic E-state index is 9.40. The third kappa shape index (κ3) is 9.72. The minimum Gasteiger partial charge on any atom is -0.400 e. The van der Waals surface area contributed by atoms with Crippen LogP contribution in [0, 0.1) is 29.6 Å². The van der Waals surface area contributed by atoms with E-state index in [9.17, 15) is 5.11 Å². The third-order valence-corrected chi connectivity index (χ3v) is 6.03. The first kappa shape index (κ1) is 22.9. The van der Waals surface area contributed by atoms with Crippen LogP contribution < -0.4 is 0 Å². The van der Waals surface area contributed by atoms with E-state index in [1.165, 1.54) is 57.8 Å². The smallest absolute Gasteiger partial charge is 0.0540 e. The van der Waals surface area contributed by atoms with Gasteiger partial charge in [0.05, 0.1) is 6.10 Å². The van der Waals surface area contributed by atoms with Gasteiger partial charge in [0.25, 0.3) is 0 Å². The summed E-state index contributed by atoms with van der Waals surface area (Å²) < 4.78 is 0. The molecule has 2 fully saturated rings. The van der Waals surface area contributed by atoms with Gasteiger partial charge in [-0.05, 0) is 62.2 Å². The molecule has 0 aromatic rings. The van der Waals surface area contributed by atoms with Crippen molar-refractivity contribution in [3.63, 3.8) is 0 Å². The van der Waals surface area contributed by atoms with Crippen molar-refractivity contribution in [1.29, 1.82) is 0 Å². The standard InChI is InChI=1S/C11H22O.C9H18.CH4O/c1-8(2)10-4-6-11(7-5-10)9(3)12;1-8(2)9-6-4-3-5-7-9;1-2/h8-12H,4-7H2,1-3H3;8-9H,3-7H2,1-2H3;2H,1H3. The summed E-state index contributed by atoms with van der Waals surface area (Å²) in [7, 11) is 1.00. The number of rotatable bonds is 3. The Bertz CT molecular complexity index is 231. The predicted molar refractivity (Wildman–Crippen MR) is 102 cm³/mol. The molecule has 2 saturated carbocycles. The summed E-state index contributed by atoms with van der Waals surface area (Å²) in [5, 5.41) is 16.4. The molecular formula is C21H44O2. The molecule has 2 rings (SSSR count). The molecule has 0 amide bonds. The van der Waals surface area contributed by atoms with Crippen LogP contribution in [0.15, 0.2) is 0 Å². The average molecular weight is 329 g/mol. The molecule has 2 aliphatic carbocycles. The summed E-state index contributed by atoms with van der Waals surface area (Å²) in [5.41, 5.74) is 0. The average Bonchev–Trinajstić information content (AvgIpc) is 2.58. The van der Waals surface area contributed by atoms with E-state index < -0.39 is 0 Å². The van der Waals surface area contributed by atoms with E-state index >= 15 is 0 Å². The van der Waals surface area contributed by atoms with Gasteiger partial charge in [0.15, 0.2) is 0 Å². The number of aliphatic hydroxyl groups excluding tert-OH is 2. The van der Waals surface area contributed by atoms with Crippen LogP contribution in [0.25, 0.3) is 0 Å². The van der Waals surface area contributed by atoms with Gasteiger partial charge in [0.1, 0.15) is 0 Å². The minimum absolute atomic E-state index is 0.0851. The van der Waals surface area contributed by atoms with E-state index in [4.69, 9.17) is 5.11 Å². The monoisotopic (exact) mass is 328 g/mol. The Kier molecular flexibility index (Phi) is 13.2. The quantitative estimate of drug-likeness (QED) is 0.701. The lowest BCUT2D eigenvalue weighted by molar-refractivity contribution is 0.0810. The highest BCUT2D eigenvalue weighted by Crippen LogP contribution is 2.34. The zero-order valence-electron chi connectivity index (χ0n) is 16.7. The maximum absolute atomic E-state index is 9.40. The molecule has 0 aliphatic heterocycles. The summed E-state index contributed by atoms with van der Waals surface area (Å²) in [6, 6.07) is 0. The third-order valence-electron chi connectivity index (χ3n) is 6.03. The first-order valence-electron chi connectivity index (χ1n) is 10.0. The summed E-state index contributed by atoms with van der Waals surface area (Å²) in [4.78, 5) is 0. The van der Waals surface area contributed by atoms with Crippen molar-refractivity contribution in [3.05, 3.63) is 0 Å². The number of hydrogen-bond donors (Lipinski definition) is 2. The fourth-order valence-electron chi connectivity index (χ4n) is 4.09.